The molecule has 0 spiro atoms. The molecular formula is C24H22BrNO5. The van der Waals surface area contributed by atoms with Gasteiger partial charge in [0.2, 0.25) is 0 Å². The number of hydrogen-bond donors (Lipinski definition) is 1. The molecule has 0 fully saturated rings. The molecule has 1 heterocycles. The summed E-state index contributed by atoms with van der Waals surface area (Å²) in [6.45, 7) is 1.70. The fourth-order valence-corrected chi connectivity index (χ4v) is 3.90. The van der Waals surface area contributed by atoms with Crippen molar-refractivity contribution in [3.05, 3.63) is 87.6 Å². The largest absolute Gasteiger partial charge is 0.479 e. The predicted molar refractivity (Wildman–Crippen MR) is 121 cm³/mol. The van der Waals surface area contributed by atoms with Crippen LogP contribution in [0.2, 0.25) is 0 Å². The van der Waals surface area contributed by atoms with Gasteiger partial charge in [0.25, 0.3) is 0 Å². The topological polar surface area (TPSA) is 85.2 Å². The number of hydrogen-bond acceptors (Lipinski definition) is 6. The summed E-state index contributed by atoms with van der Waals surface area (Å²) in [5.74, 6) is -0.657. The minimum Gasteiger partial charge on any atom is -0.479 e. The Labute approximate surface area is 189 Å². The second-order valence-electron chi connectivity index (χ2n) is 6.81. The lowest BCUT2D eigenvalue weighted by Gasteiger charge is -2.25. The number of esters is 1. The number of methoxy groups -OCH3 is 1. The summed E-state index contributed by atoms with van der Waals surface area (Å²) in [6.07, 6.45) is 1.08. The average molecular weight is 484 g/mol. The Hall–Kier alpha value is -3.03. The van der Waals surface area contributed by atoms with E-state index in [9.17, 15) is 14.7 Å². The molecule has 7 heteroatoms. The highest BCUT2D eigenvalue weighted by atomic mass is 79.9. The maximum absolute atomic E-state index is 13.0. The molecule has 3 rings (SSSR count). The van der Waals surface area contributed by atoms with Crippen molar-refractivity contribution >= 4 is 39.5 Å². The maximum atomic E-state index is 13.0. The van der Waals surface area contributed by atoms with E-state index in [1.54, 1.807) is 37.3 Å². The Balaban J connectivity index is 2.49. The zero-order chi connectivity index (χ0) is 22.6. The fraction of sp³-hybridized carbons (Fsp3) is 0.208. The van der Waals surface area contributed by atoms with E-state index in [4.69, 9.17) is 9.47 Å². The molecule has 160 valence electrons. The van der Waals surface area contributed by atoms with E-state index >= 15 is 0 Å². The van der Waals surface area contributed by atoms with E-state index in [0.717, 1.165) is 4.47 Å². The van der Waals surface area contributed by atoms with Gasteiger partial charge < -0.3 is 14.6 Å². The van der Waals surface area contributed by atoms with Crippen LogP contribution in [-0.2, 0) is 19.1 Å². The average Bonchev–Trinajstić information content (AvgIpc) is 2.91. The molecule has 2 atom stereocenters. The number of nitrogens with zero attached hydrogens (tertiary/aromatic N) is 1. The number of halogens is 1. The van der Waals surface area contributed by atoms with Gasteiger partial charge >= 0.3 is 5.97 Å². The molecule has 0 unspecified atom stereocenters. The minimum atomic E-state index is -2.36. The predicted octanol–water partition coefficient (Wildman–Crippen LogP) is 4.05. The molecular weight excluding hydrogens is 462 g/mol. The molecule has 1 N–H and O–H groups in total. The van der Waals surface area contributed by atoms with Gasteiger partial charge in [-0.1, -0.05) is 58.4 Å². The van der Waals surface area contributed by atoms with Gasteiger partial charge in [0.15, 0.2) is 18.0 Å². The lowest BCUT2D eigenvalue weighted by Crippen LogP contribution is -2.46. The number of benzene rings is 2. The summed E-state index contributed by atoms with van der Waals surface area (Å²) in [5, 5.41) is 11.5. The Morgan fingerprint density at radius 3 is 2.35 bits per heavy atom. The molecule has 0 radical (unpaired) electrons. The number of carbonyl (C=O) groups excluding carboxylic acids is 2. The van der Waals surface area contributed by atoms with Crippen molar-refractivity contribution in [2.24, 2.45) is 4.99 Å². The zero-order valence-corrected chi connectivity index (χ0v) is 18.9. The van der Waals surface area contributed by atoms with Gasteiger partial charge in [-0.05, 0) is 36.3 Å². The van der Waals surface area contributed by atoms with Crippen molar-refractivity contribution in [3.63, 3.8) is 0 Å². The first kappa shape index (κ1) is 22.7. The summed E-state index contributed by atoms with van der Waals surface area (Å²) >= 11 is 3.42. The van der Waals surface area contributed by atoms with Gasteiger partial charge in [0, 0.05) is 17.1 Å². The van der Waals surface area contributed by atoms with Gasteiger partial charge in [0.1, 0.15) is 11.5 Å². The quantitative estimate of drug-likeness (QED) is 0.523. The van der Waals surface area contributed by atoms with E-state index in [-0.39, 0.29) is 17.0 Å². The van der Waals surface area contributed by atoms with Crippen molar-refractivity contribution in [1.29, 1.82) is 0 Å². The van der Waals surface area contributed by atoms with Crippen molar-refractivity contribution in [2.75, 3.05) is 14.2 Å². The van der Waals surface area contributed by atoms with Gasteiger partial charge in [-0.25, -0.2) is 4.79 Å². The normalized spacial score (nSPS) is 24.0. The van der Waals surface area contributed by atoms with E-state index in [2.05, 4.69) is 20.9 Å². The van der Waals surface area contributed by atoms with Crippen molar-refractivity contribution in [1.82, 2.24) is 0 Å². The molecule has 6 nitrogen and oxygen atoms in total. The molecule has 0 saturated heterocycles. The summed E-state index contributed by atoms with van der Waals surface area (Å²) in [5.41, 5.74) is -1.03. The third-order valence-electron chi connectivity index (χ3n) is 5.06. The summed E-state index contributed by atoms with van der Waals surface area (Å²) in [7, 11) is 2.62. The lowest BCUT2D eigenvalue weighted by molar-refractivity contribution is -0.139. The first-order valence-corrected chi connectivity index (χ1v) is 10.3. The van der Waals surface area contributed by atoms with E-state index in [0.29, 0.717) is 23.0 Å². The van der Waals surface area contributed by atoms with Crippen LogP contribution in [0.3, 0.4) is 0 Å². The SMILES string of the molecule is C/C=C1/O[C@H](c2ccc(Br)cc2)C(c2ccccc2)=C(C(=O)OC)[C@](O)(C=O)C1=NC. The number of allylic oxidation sites excluding steroid dienone is 1. The van der Waals surface area contributed by atoms with Gasteiger partial charge in [-0.2, -0.15) is 0 Å². The molecule has 31 heavy (non-hydrogen) atoms. The first-order valence-electron chi connectivity index (χ1n) is 9.54. The van der Waals surface area contributed by atoms with Crippen LogP contribution in [0.25, 0.3) is 5.57 Å². The first-order chi connectivity index (χ1) is 14.9. The highest BCUT2D eigenvalue weighted by molar-refractivity contribution is 9.10. The third kappa shape index (κ3) is 4.11. The van der Waals surface area contributed by atoms with Crippen LogP contribution in [0.1, 0.15) is 24.2 Å². The Bertz CT molecular complexity index is 1070. The number of aliphatic imine (C=N–C) groups is 1. The Morgan fingerprint density at radius 2 is 1.84 bits per heavy atom. The third-order valence-corrected chi connectivity index (χ3v) is 5.58. The molecule has 0 bridgehead atoms. The van der Waals surface area contributed by atoms with E-state index < -0.39 is 17.7 Å². The Kier molecular flexibility index (Phi) is 6.87. The Morgan fingerprint density at radius 1 is 1.19 bits per heavy atom. The highest BCUT2D eigenvalue weighted by Crippen LogP contribution is 2.44. The molecule has 1 aliphatic heterocycles. The zero-order valence-electron chi connectivity index (χ0n) is 17.3. The number of aldehydes is 1. The molecule has 0 amide bonds. The number of rotatable bonds is 4. The highest BCUT2D eigenvalue weighted by Gasteiger charge is 2.50. The van der Waals surface area contributed by atoms with E-state index in [1.165, 1.54) is 14.2 Å². The second-order valence-corrected chi connectivity index (χ2v) is 7.72. The number of ether oxygens (including phenoxy) is 2. The number of carbonyl (C=O) groups is 2. The van der Waals surface area contributed by atoms with Crippen molar-refractivity contribution < 1.29 is 24.2 Å². The van der Waals surface area contributed by atoms with Crippen LogP contribution in [0, 0.1) is 0 Å². The molecule has 2 aromatic carbocycles. The van der Waals surface area contributed by atoms with Crippen LogP contribution < -0.4 is 0 Å². The van der Waals surface area contributed by atoms with E-state index in [1.807, 2.05) is 30.3 Å². The van der Waals surface area contributed by atoms with Crippen LogP contribution in [0.5, 0.6) is 0 Å². The van der Waals surface area contributed by atoms with Crippen LogP contribution in [0.15, 0.2) is 81.5 Å². The monoisotopic (exact) mass is 483 g/mol. The summed E-state index contributed by atoms with van der Waals surface area (Å²) in [6, 6.07) is 16.4. The smallest absolute Gasteiger partial charge is 0.338 e. The maximum Gasteiger partial charge on any atom is 0.338 e. The molecule has 0 aromatic heterocycles. The second kappa shape index (κ2) is 9.41. The number of aliphatic hydroxyl groups is 1. The van der Waals surface area contributed by atoms with Gasteiger partial charge in [-0.3, -0.25) is 9.79 Å². The van der Waals surface area contributed by atoms with Crippen molar-refractivity contribution in [2.45, 2.75) is 18.6 Å². The summed E-state index contributed by atoms with van der Waals surface area (Å²) < 4.78 is 12.2. The van der Waals surface area contributed by atoms with Crippen molar-refractivity contribution in [3.8, 4) is 0 Å². The standard InChI is InChI=1S/C24H22BrNO5/c1-4-18-22(26-2)24(29,14-27)20(23(28)30-3)19(15-8-6-5-7-9-15)21(31-18)16-10-12-17(25)13-11-16/h4-14,21,29H,1-3H3/b18-4+,26-22?/t21-,24-/m1/s1. The fourth-order valence-electron chi connectivity index (χ4n) is 3.64. The van der Waals surface area contributed by atoms with Crippen LogP contribution >= 0.6 is 15.9 Å². The van der Waals surface area contributed by atoms with Gasteiger partial charge in [0.05, 0.1) is 12.7 Å². The molecule has 0 aliphatic carbocycles. The molecule has 1 aliphatic rings. The van der Waals surface area contributed by atoms with Crippen LogP contribution in [0.4, 0.5) is 0 Å². The molecule has 2 aromatic rings. The lowest BCUT2D eigenvalue weighted by atomic mass is 9.81. The summed E-state index contributed by atoms with van der Waals surface area (Å²) in [4.78, 5) is 29.4. The van der Waals surface area contributed by atoms with Gasteiger partial charge in [-0.15, -0.1) is 0 Å². The van der Waals surface area contributed by atoms with Crippen LogP contribution in [-0.4, -0.2) is 42.8 Å². The minimum absolute atomic E-state index is 0.0709. The molecule has 0 saturated carbocycles.